The molecule has 4 N–H and O–H groups in total. The van der Waals surface area contributed by atoms with Crippen LogP contribution in [-0.4, -0.2) is 12.5 Å². The van der Waals surface area contributed by atoms with Gasteiger partial charge in [-0.15, -0.1) is 0 Å². The van der Waals surface area contributed by atoms with Crippen molar-refractivity contribution in [1.82, 2.24) is 0 Å². The summed E-state index contributed by atoms with van der Waals surface area (Å²) in [5.74, 6) is 0.0995. The summed E-state index contributed by atoms with van der Waals surface area (Å²) in [7, 11) is 0. The van der Waals surface area contributed by atoms with Crippen LogP contribution in [0.25, 0.3) is 0 Å². The minimum absolute atomic E-state index is 0.259. The largest absolute Gasteiger partial charge is 0.369 e. The number of rotatable bonds is 2. The van der Waals surface area contributed by atoms with E-state index in [9.17, 15) is 4.79 Å². The zero-order chi connectivity index (χ0) is 5.86. The molecule has 0 aliphatic rings. The third-order valence-electron chi connectivity index (χ3n) is 0.727. The molecule has 0 unspecified atom stereocenters. The molecule has 0 atom stereocenters. The highest BCUT2D eigenvalue weighted by Crippen LogP contribution is 1.88. The smallest absolute Gasteiger partial charge is 0.225 e. The third kappa shape index (κ3) is 2.17. The van der Waals surface area contributed by atoms with Gasteiger partial charge in [-0.3, -0.25) is 4.79 Å². The molecule has 0 aromatic rings. The van der Waals surface area contributed by atoms with E-state index in [2.05, 4.69) is 0 Å². The molecule has 0 aliphatic heterocycles. The Hall–Kier alpha value is -0.570. The number of carbonyl (C=O) groups is 1. The Morgan fingerprint density at radius 2 is 2.14 bits per heavy atom. The molecule has 3 nitrogen and oxygen atoms in total. The summed E-state index contributed by atoms with van der Waals surface area (Å²) >= 11 is 0. The highest BCUT2D eigenvalue weighted by atomic mass is 16.1. The fraction of sp³-hybridized carbons (Fsp3) is 0.500. The van der Waals surface area contributed by atoms with Crippen molar-refractivity contribution < 1.29 is 4.79 Å². The average Bonchev–Trinajstić information content (AvgIpc) is 1.65. The SMILES string of the molecule is C[C](CN)C(N)=O. The maximum atomic E-state index is 10.0. The first-order valence-electron chi connectivity index (χ1n) is 2.00. The van der Waals surface area contributed by atoms with Gasteiger partial charge in [0.1, 0.15) is 0 Å². The maximum absolute atomic E-state index is 10.0. The molecule has 0 aromatic heterocycles. The number of primary amides is 1. The van der Waals surface area contributed by atoms with Crippen molar-refractivity contribution in [2.75, 3.05) is 6.54 Å². The second kappa shape index (κ2) is 2.58. The molecule has 0 saturated heterocycles. The van der Waals surface area contributed by atoms with Crippen LogP contribution in [0, 0.1) is 5.92 Å². The van der Waals surface area contributed by atoms with E-state index < -0.39 is 5.91 Å². The minimum Gasteiger partial charge on any atom is -0.369 e. The molecule has 41 valence electrons. The zero-order valence-corrected chi connectivity index (χ0v) is 4.27. The molecule has 0 fully saturated rings. The van der Waals surface area contributed by atoms with Crippen LogP contribution in [0.2, 0.25) is 0 Å². The van der Waals surface area contributed by atoms with Gasteiger partial charge in [0.15, 0.2) is 0 Å². The number of amides is 1. The lowest BCUT2D eigenvalue weighted by Gasteiger charge is -1.97. The van der Waals surface area contributed by atoms with Gasteiger partial charge in [-0.2, -0.15) is 0 Å². The summed E-state index contributed by atoms with van der Waals surface area (Å²) in [4.78, 5) is 10.0. The van der Waals surface area contributed by atoms with Crippen molar-refractivity contribution in [2.45, 2.75) is 6.92 Å². The average molecular weight is 101 g/mol. The lowest BCUT2D eigenvalue weighted by molar-refractivity contribution is -0.116. The zero-order valence-electron chi connectivity index (χ0n) is 4.27. The second-order valence-electron chi connectivity index (χ2n) is 1.35. The van der Waals surface area contributed by atoms with Crippen LogP contribution in [-0.2, 0) is 4.79 Å². The van der Waals surface area contributed by atoms with Crippen molar-refractivity contribution >= 4 is 5.91 Å². The van der Waals surface area contributed by atoms with E-state index in [-0.39, 0.29) is 6.54 Å². The number of hydrogen-bond donors (Lipinski definition) is 2. The molecular formula is C4H9N2O. The Labute approximate surface area is 42.7 Å². The van der Waals surface area contributed by atoms with Crippen molar-refractivity contribution in [3.8, 4) is 0 Å². The van der Waals surface area contributed by atoms with Crippen LogP contribution in [0.4, 0.5) is 0 Å². The Balaban J connectivity index is 3.34. The van der Waals surface area contributed by atoms with Gasteiger partial charge in [0.25, 0.3) is 0 Å². The van der Waals surface area contributed by atoms with E-state index >= 15 is 0 Å². The first kappa shape index (κ1) is 6.43. The van der Waals surface area contributed by atoms with Crippen LogP contribution >= 0.6 is 0 Å². The summed E-state index contributed by atoms with van der Waals surface area (Å²) in [5, 5.41) is 0. The number of nitrogens with two attached hydrogens (primary N) is 2. The van der Waals surface area contributed by atoms with Crippen molar-refractivity contribution in [3.05, 3.63) is 5.92 Å². The van der Waals surface area contributed by atoms with E-state index in [0.717, 1.165) is 0 Å². The topological polar surface area (TPSA) is 69.1 Å². The molecule has 0 aliphatic carbocycles. The van der Waals surface area contributed by atoms with Gasteiger partial charge < -0.3 is 11.5 Å². The second-order valence-corrected chi connectivity index (χ2v) is 1.35. The van der Waals surface area contributed by atoms with Crippen molar-refractivity contribution in [1.29, 1.82) is 0 Å². The summed E-state index contributed by atoms with van der Waals surface area (Å²) in [6.45, 7) is 1.87. The van der Waals surface area contributed by atoms with Gasteiger partial charge in [0.2, 0.25) is 5.91 Å². The molecule has 0 spiro atoms. The summed E-state index contributed by atoms with van der Waals surface area (Å²) in [6, 6.07) is 0. The van der Waals surface area contributed by atoms with Crippen LogP contribution in [0.3, 0.4) is 0 Å². The standard InChI is InChI=1S/C4H9N2O/c1-3(2-5)4(6)7/h2,5H2,1H3,(H2,6,7). The summed E-state index contributed by atoms with van der Waals surface area (Å²) in [5.41, 5.74) is 9.83. The van der Waals surface area contributed by atoms with Crippen LogP contribution in [0.15, 0.2) is 0 Å². The van der Waals surface area contributed by atoms with Gasteiger partial charge in [-0.05, 0) is 6.92 Å². The minimum atomic E-state index is -0.414. The molecule has 1 amide bonds. The third-order valence-corrected chi connectivity index (χ3v) is 0.727. The van der Waals surface area contributed by atoms with Gasteiger partial charge in [-0.25, -0.2) is 0 Å². The number of hydrogen-bond acceptors (Lipinski definition) is 2. The summed E-state index contributed by atoms with van der Waals surface area (Å²) < 4.78 is 0. The predicted molar refractivity (Wildman–Crippen MR) is 27.2 cm³/mol. The Morgan fingerprint density at radius 1 is 1.71 bits per heavy atom. The van der Waals surface area contributed by atoms with E-state index in [0.29, 0.717) is 5.92 Å². The fourth-order valence-electron chi connectivity index (χ4n) is 0.101. The molecule has 0 rings (SSSR count). The van der Waals surface area contributed by atoms with Gasteiger partial charge in [-0.1, -0.05) is 0 Å². The molecule has 3 heteroatoms. The van der Waals surface area contributed by atoms with Crippen molar-refractivity contribution in [3.63, 3.8) is 0 Å². The van der Waals surface area contributed by atoms with Gasteiger partial charge >= 0.3 is 0 Å². The van der Waals surface area contributed by atoms with Gasteiger partial charge in [0, 0.05) is 6.54 Å². The van der Waals surface area contributed by atoms with Gasteiger partial charge in [0.05, 0.1) is 5.92 Å². The quantitative estimate of drug-likeness (QED) is 0.469. The molecule has 0 bridgehead atoms. The maximum Gasteiger partial charge on any atom is 0.225 e. The lowest BCUT2D eigenvalue weighted by Crippen LogP contribution is -2.24. The molecular weight excluding hydrogens is 92.1 g/mol. The van der Waals surface area contributed by atoms with E-state index in [4.69, 9.17) is 11.5 Å². The van der Waals surface area contributed by atoms with Crippen LogP contribution in [0.5, 0.6) is 0 Å². The predicted octanol–water partition coefficient (Wildman–Crippen LogP) is -0.975. The highest BCUT2D eigenvalue weighted by molar-refractivity contribution is 5.87. The van der Waals surface area contributed by atoms with Crippen LogP contribution < -0.4 is 11.5 Å². The Kier molecular flexibility index (Phi) is 2.37. The van der Waals surface area contributed by atoms with E-state index in [1.54, 1.807) is 6.92 Å². The normalized spacial score (nSPS) is 9.57. The van der Waals surface area contributed by atoms with E-state index in [1.165, 1.54) is 0 Å². The fourth-order valence-corrected chi connectivity index (χ4v) is 0.101. The molecule has 0 aromatic carbocycles. The first-order chi connectivity index (χ1) is 3.18. The molecule has 1 radical (unpaired) electrons. The molecule has 7 heavy (non-hydrogen) atoms. The lowest BCUT2D eigenvalue weighted by atomic mass is 10.2. The number of carbonyl (C=O) groups excluding carboxylic acids is 1. The monoisotopic (exact) mass is 101 g/mol. The highest BCUT2D eigenvalue weighted by Gasteiger charge is 2.03. The van der Waals surface area contributed by atoms with Crippen LogP contribution in [0.1, 0.15) is 6.92 Å². The molecule has 0 heterocycles. The first-order valence-corrected chi connectivity index (χ1v) is 2.00. The van der Waals surface area contributed by atoms with Crippen molar-refractivity contribution in [2.24, 2.45) is 11.5 Å². The Bertz CT molecular complexity index is 72.1. The Morgan fingerprint density at radius 3 is 2.14 bits per heavy atom. The van der Waals surface area contributed by atoms with E-state index in [1.807, 2.05) is 0 Å². The molecule has 0 saturated carbocycles. The summed E-state index contributed by atoms with van der Waals surface area (Å²) in [6.07, 6.45) is 0.